The summed E-state index contributed by atoms with van der Waals surface area (Å²) < 4.78 is 1.72. The number of rotatable bonds is 2. The highest BCUT2D eigenvalue weighted by Crippen LogP contribution is 2.18. The van der Waals surface area contributed by atoms with E-state index in [1.165, 1.54) is 0 Å². The molecule has 0 saturated carbocycles. The molecular weight excluding hydrogens is 192 g/mol. The van der Waals surface area contributed by atoms with Crippen LogP contribution in [0, 0.1) is 11.3 Å². The van der Waals surface area contributed by atoms with E-state index in [4.69, 9.17) is 16.1 Å². The number of nitrogens with zero attached hydrogens (tertiary/aromatic N) is 3. The largest absolute Gasteiger partial charge is 0.395 e. The van der Waals surface area contributed by atoms with Crippen LogP contribution >= 0.6 is 0 Å². The fourth-order valence-electron chi connectivity index (χ4n) is 1.55. The molecule has 0 aliphatic carbocycles. The Balaban J connectivity index is 2.64. The zero-order chi connectivity index (χ0) is 10.8. The maximum Gasteiger partial charge on any atom is 0.201 e. The topological polar surface area (TPSA) is 87.9 Å². The molecule has 0 spiro atoms. The van der Waals surface area contributed by atoms with Gasteiger partial charge in [0, 0.05) is 6.54 Å². The summed E-state index contributed by atoms with van der Waals surface area (Å²) in [4.78, 5) is 4.12. The predicted octanol–water partition coefficient (Wildman–Crippen LogP) is 0.482. The molecular formula is C10H10N4O. The van der Waals surface area contributed by atoms with Gasteiger partial charge in [-0.1, -0.05) is 0 Å². The molecule has 0 unspecified atom stereocenters. The van der Waals surface area contributed by atoms with Crippen LogP contribution in [-0.4, -0.2) is 21.3 Å². The average Bonchev–Trinajstić information content (AvgIpc) is 2.55. The van der Waals surface area contributed by atoms with E-state index in [1.54, 1.807) is 22.8 Å². The van der Waals surface area contributed by atoms with Crippen LogP contribution in [0.5, 0.6) is 0 Å². The lowest BCUT2D eigenvalue weighted by molar-refractivity contribution is 0.278. The highest BCUT2D eigenvalue weighted by Gasteiger charge is 2.07. The normalized spacial score (nSPS) is 10.4. The molecule has 1 aromatic carbocycles. The van der Waals surface area contributed by atoms with E-state index in [1.807, 2.05) is 6.07 Å². The number of fused-ring (bicyclic) bond motifs is 1. The molecule has 2 aromatic rings. The van der Waals surface area contributed by atoms with Crippen molar-refractivity contribution in [3.63, 3.8) is 0 Å². The number of nitrogen functional groups attached to an aromatic ring is 1. The Kier molecular flexibility index (Phi) is 2.27. The van der Waals surface area contributed by atoms with E-state index in [9.17, 15) is 0 Å². The molecule has 5 nitrogen and oxygen atoms in total. The third kappa shape index (κ3) is 1.51. The first kappa shape index (κ1) is 9.49. The van der Waals surface area contributed by atoms with E-state index < -0.39 is 0 Å². The van der Waals surface area contributed by atoms with Gasteiger partial charge in [-0.15, -0.1) is 0 Å². The Morgan fingerprint density at radius 1 is 1.53 bits per heavy atom. The maximum absolute atomic E-state index is 8.87. The van der Waals surface area contributed by atoms with Gasteiger partial charge in [-0.05, 0) is 18.2 Å². The van der Waals surface area contributed by atoms with Gasteiger partial charge >= 0.3 is 0 Å². The number of aliphatic hydroxyl groups is 1. The molecule has 0 bridgehead atoms. The highest BCUT2D eigenvalue weighted by molar-refractivity contribution is 5.79. The second-order valence-electron chi connectivity index (χ2n) is 3.16. The summed E-state index contributed by atoms with van der Waals surface area (Å²) in [7, 11) is 0. The van der Waals surface area contributed by atoms with Gasteiger partial charge in [-0.25, -0.2) is 4.98 Å². The van der Waals surface area contributed by atoms with Crippen LogP contribution in [0.2, 0.25) is 0 Å². The van der Waals surface area contributed by atoms with Crippen molar-refractivity contribution in [2.75, 3.05) is 12.3 Å². The Morgan fingerprint density at radius 3 is 3.00 bits per heavy atom. The van der Waals surface area contributed by atoms with Crippen molar-refractivity contribution < 1.29 is 5.11 Å². The monoisotopic (exact) mass is 202 g/mol. The van der Waals surface area contributed by atoms with E-state index >= 15 is 0 Å². The highest BCUT2D eigenvalue weighted by atomic mass is 16.3. The molecule has 76 valence electrons. The van der Waals surface area contributed by atoms with Gasteiger partial charge < -0.3 is 15.4 Å². The van der Waals surface area contributed by atoms with Crippen LogP contribution in [0.1, 0.15) is 5.56 Å². The minimum Gasteiger partial charge on any atom is -0.395 e. The molecule has 15 heavy (non-hydrogen) atoms. The average molecular weight is 202 g/mol. The molecule has 2 rings (SSSR count). The van der Waals surface area contributed by atoms with Gasteiger partial charge in [0.15, 0.2) is 0 Å². The summed E-state index contributed by atoms with van der Waals surface area (Å²) in [6, 6.07) is 7.21. The molecule has 0 fully saturated rings. The smallest absolute Gasteiger partial charge is 0.201 e. The second kappa shape index (κ2) is 3.59. The quantitative estimate of drug-likeness (QED) is 0.741. The van der Waals surface area contributed by atoms with Crippen molar-refractivity contribution in [2.45, 2.75) is 6.54 Å². The third-order valence-electron chi connectivity index (χ3n) is 2.23. The lowest BCUT2D eigenvalue weighted by Crippen LogP contribution is -2.05. The molecule has 0 radical (unpaired) electrons. The number of benzene rings is 1. The molecule has 0 aliphatic rings. The van der Waals surface area contributed by atoms with Gasteiger partial charge in [-0.3, -0.25) is 0 Å². The van der Waals surface area contributed by atoms with Gasteiger partial charge in [-0.2, -0.15) is 5.26 Å². The minimum atomic E-state index is 0.00958. The molecule has 3 N–H and O–H groups in total. The van der Waals surface area contributed by atoms with Crippen molar-refractivity contribution in [3.8, 4) is 6.07 Å². The van der Waals surface area contributed by atoms with Gasteiger partial charge in [0.1, 0.15) is 0 Å². The summed E-state index contributed by atoms with van der Waals surface area (Å²) in [6.07, 6.45) is 0. The molecule has 0 amide bonds. The summed E-state index contributed by atoms with van der Waals surface area (Å²) in [6.45, 7) is 0.421. The summed E-state index contributed by atoms with van der Waals surface area (Å²) in [5.74, 6) is 0.356. The number of hydrogen-bond donors (Lipinski definition) is 2. The number of hydrogen-bond acceptors (Lipinski definition) is 4. The van der Waals surface area contributed by atoms with E-state index in [0.29, 0.717) is 23.6 Å². The zero-order valence-electron chi connectivity index (χ0n) is 8.01. The van der Waals surface area contributed by atoms with Crippen LogP contribution in [0.4, 0.5) is 5.95 Å². The maximum atomic E-state index is 8.87. The van der Waals surface area contributed by atoms with E-state index in [-0.39, 0.29) is 6.61 Å². The second-order valence-corrected chi connectivity index (χ2v) is 3.16. The molecule has 1 aromatic heterocycles. The van der Waals surface area contributed by atoms with Crippen molar-refractivity contribution in [2.24, 2.45) is 0 Å². The van der Waals surface area contributed by atoms with Crippen molar-refractivity contribution >= 4 is 17.0 Å². The zero-order valence-corrected chi connectivity index (χ0v) is 8.01. The first-order valence-electron chi connectivity index (χ1n) is 4.53. The first-order chi connectivity index (χ1) is 7.26. The Morgan fingerprint density at radius 2 is 2.33 bits per heavy atom. The fraction of sp³-hybridized carbons (Fsp3) is 0.200. The Bertz CT molecular complexity index is 538. The Hall–Kier alpha value is -2.06. The summed E-state index contributed by atoms with van der Waals surface area (Å²) >= 11 is 0. The molecule has 0 saturated heterocycles. The van der Waals surface area contributed by atoms with Gasteiger partial charge in [0.25, 0.3) is 0 Å². The summed E-state index contributed by atoms with van der Waals surface area (Å²) in [5, 5.41) is 17.6. The number of anilines is 1. The van der Waals surface area contributed by atoms with Crippen LogP contribution in [0.3, 0.4) is 0 Å². The predicted molar refractivity (Wildman–Crippen MR) is 55.9 cm³/mol. The lowest BCUT2D eigenvalue weighted by atomic mass is 10.2. The standard InChI is InChI=1S/C10H10N4O/c11-6-7-1-2-9-8(5-7)13-10(12)14(9)3-4-15/h1-2,5,15H,3-4H2,(H2,12,13). The van der Waals surface area contributed by atoms with Gasteiger partial charge in [0.05, 0.1) is 29.3 Å². The van der Waals surface area contributed by atoms with Gasteiger partial charge in [0.2, 0.25) is 5.95 Å². The number of imidazole rings is 1. The number of nitrogens with two attached hydrogens (primary N) is 1. The number of nitriles is 1. The first-order valence-corrected chi connectivity index (χ1v) is 4.53. The lowest BCUT2D eigenvalue weighted by Gasteiger charge is -2.02. The van der Waals surface area contributed by atoms with Crippen molar-refractivity contribution in [1.82, 2.24) is 9.55 Å². The summed E-state index contributed by atoms with van der Waals surface area (Å²) in [5.41, 5.74) is 7.76. The fourth-order valence-corrected chi connectivity index (χ4v) is 1.55. The van der Waals surface area contributed by atoms with Crippen LogP contribution in [-0.2, 0) is 6.54 Å². The number of aliphatic hydroxyl groups excluding tert-OH is 1. The van der Waals surface area contributed by atoms with E-state index in [2.05, 4.69) is 4.98 Å². The SMILES string of the molecule is N#Cc1ccc2c(c1)nc(N)n2CCO. The van der Waals surface area contributed by atoms with Crippen LogP contribution < -0.4 is 5.73 Å². The third-order valence-corrected chi connectivity index (χ3v) is 2.23. The molecule has 0 aliphatic heterocycles. The molecule has 1 heterocycles. The van der Waals surface area contributed by atoms with E-state index in [0.717, 1.165) is 5.52 Å². The molecule has 0 atom stereocenters. The van der Waals surface area contributed by atoms with Crippen molar-refractivity contribution in [1.29, 1.82) is 5.26 Å². The molecule has 5 heteroatoms. The van der Waals surface area contributed by atoms with Crippen LogP contribution in [0.15, 0.2) is 18.2 Å². The Labute approximate surface area is 86.4 Å². The minimum absolute atomic E-state index is 0.00958. The number of aromatic nitrogens is 2. The van der Waals surface area contributed by atoms with Crippen molar-refractivity contribution in [3.05, 3.63) is 23.8 Å². The van der Waals surface area contributed by atoms with Crippen LogP contribution in [0.25, 0.3) is 11.0 Å².